The number of thiophene rings is 2. The molecule has 0 saturated carbocycles. The second-order valence-corrected chi connectivity index (χ2v) is 9.00. The van der Waals surface area contributed by atoms with Crippen LogP contribution < -0.4 is 4.72 Å². The molecule has 0 aliphatic heterocycles. The minimum atomic E-state index is -3.49. The van der Waals surface area contributed by atoms with Gasteiger partial charge in [0.2, 0.25) is 10.0 Å². The average Bonchev–Trinajstić information content (AvgIpc) is 3.08. The van der Waals surface area contributed by atoms with E-state index in [1.165, 1.54) is 6.07 Å². The number of halogens is 1. The fourth-order valence-electron chi connectivity index (χ4n) is 2.02. The maximum absolute atomic E-state index is 12.1. The van der Waals surface area contributed by atoms with Gasteiger partial charge in [-0.1, -0.05) is 11.6 Å². The van der Waals surface area contributed by atoms with Crippen LogP contribution in [0.1, 0.15) is 24.3 Å². The molecule has 1 atom stereocenters. The molecule has 0 fully saturated rings. The topological polar surface area (TPSA) is 66.4 Å². The molecular formula is C13H16ClNO3S3. The maximum Gasteiger partial charge on any atom is 0.250 e. The van der Waals surface area contributed by atoms with E-state index in [1.807, 2.05) is 16.8 Å². The Morgan fingerprint density at radius 3 is 2.67 bits per heavy atom. The van der Waals surface area contributed by atoms with E-state index in [4.69, 9.17) is 16.7 Å². The summed E-state index contributed by atoms with van der Waals surface area (Å²) < 4.78 is 27.4. The summed E-state index contributed by atoms with van der Waals surface area (Å²) in [6.45, 7) is 0.423. The predicted molar refractivity (Wildman–Crippen MR) is 87.9 cm³/mol. The number of aliphatic hydroxyl groups is 1. The molecule has 2 aromatic heterocycles. The van der Waals surface area contributed by atoms with Gasteiger partial charge in [0, 0.05) is 13.2 Å². The summed E-state index contributed by atoms with van der Waals surface area (Å²) in [6.07, 6.45) is 1.28. The monoisotopic (exact) mass is 365 g/mol. The normalized spacial score (nSPS) is 13.4. The summed E-state index contributed by atoms with van der Waals surface area (Å²) in [7, 11) is -3.49. The van der Waals surface area contributed by atoms with Crippen molar-refractivity contribution < 1.29 is 13.5 Å². The fourth-order valence-corrected chi connectivity index (χ4v) is 5.34. The first-order valence-electron chi connectivity index (χ1n) is 6.41. The summed E-state index contributed by atoms with van der Waals surface area (Å²) >= 11 is 8.40. The van der Waals surface area contributed by atoms with E-state index < -0.39 is 10.0 Å². The molecule has 0 aliphatic carbocycles. The molecule has 0 saturated heterocycles. The first-order valence-corrected chi connectivity index (χ1v) is 10.0. The molecule has 0 aliphatic rings. The molecule has 8 heteroatoms. The molecule has 4 nitrogen and oxygen atoms in total. The highest BCUT2D eigenvalue weighted by Crippen LogP contribution is 2.27. The van der Waals surface area contributed by atoms with Crippen molar-refractivity contribution in [1.82, 2.24) is 4.72 Å². The third-order valence-electron chi connectivity index (χ3n) is 3.09. The molecule has 2 rings (SSSR count). The zero-order chi connectivity index (χ0) is 15.3. The molecule has 0 aromatic carbocycles. The Morgan fingerprint density at radius 1 is 1.29 bits per heavy atom. The second-order valence-electron chi connectivity index (χ2n) is 4.51. The molecule has 0 amide bonds. The van der Waals surface area contributed by atoms with Crippen LogP contribution in [0.2, 0.25) is 4.34 Å². The zero-order valence-electron chi connectivity index (χ0n) is 11.2. The van der Waals surface area contributed by atoms with Crippen LogP contribution in [0.3, 0.4) is 0 Å². The fraction of sp³-hybridized carbons (Fsp3) is 0.385. The van der Waals surface area contributed by atoms with Crippen LogP contribution in [0, 0.1) is 0 Å². The number of hydrogen-bond donors (Lipinski definition) is 2. The van der Waals surface area contributed by atoms with Crippen molar-refractivity contribution in [3.05, 3.63) is 38.9 Å². The second kappa shape index (κ2) is 7.71. The minimum Gasteiger partial charge on any atom is -0.396 e. The molecule has 2 heterocycles. The Bertz CT molecular complexity index is 652. The highest BCUT2D eigenvalue weighted by atomic mass is 35.5. The van der Waals surface area contributed by atoms with Gasteiger partial charge in [-0.15, -0.1) is 11.3 Å². The maximum atomic E-state index is 12.1. The van der Waals surface area contributed by atoms with E-state index in [9.17, 15) is 8.42 Å². The van der Waals surface area contributed by atoms with E-state index in [-0.39, 0.29) is 16.7 Å². The Balaban J connectivity index is 1.93. The van der Waals surface area contributed by atoms with Gasteiger partial charge in [-0.25, -0.2) is 13.1 Å². The van der Waals surface area contributed by atoms with Gasteiger partial charge < -0.3 is 5.11 Å². The first kappa shape index (κ1) is 16.9. The number of hydrogen-bond acceptors (Lipinski definition) is 5. The molecule has 0 spiro atoms. The molecule has 2 aromatic rings. The molecule has 0 radical (unpaired) electrons. The van der Waals surface area contributed by atoms with Crippen LogP contribution in [-0.4, -0.2) is 26.7 Å². The van der Waals surface area contributed by atoms with Crippen molar-refractivity contribution in [2.24, 2.45) is 0 Å². The van der Waals surface area contributed by atoms with Crippen molar-refractivity contribution in [2.75, 3.05) is 13.2 Å². The molecule has 2 N–H and O–H groups in total. The first-order chi connectivity index (χ1) is 10.0. The molecular weight excluding hydrogens is 350 g/mol. The van der Waals surface area contributed by atoms with Gasteiger partial charge in [0.1, 0.15) is 4.21 Å². The lowest BCUT2D eigenvalue weighted by atomic mass is 9.95. The minimum absolute atomic E-state index is 0.0911. The number of aliphatic hydroxyl groups excluding tert-OH is 1. The summed E-state index contributed by atoms with van der Waals surface area (Å²) in [5, 5.41) is 13.1. The Hall–Kier alpha value is -0.440. The van der Waals surface area contributed by atoms with Crippen LogP contribution >= 0.6 is 34.3 Å². The van der Waals surface area contributed by atoms with Crippen molar-refractivity contribution >= 4 is 44.3 Å². The summed E-state index contributed by atoms with van der Waals surface area (Å²) in [4.78, 5) is 0. The van der Waals surface area contributed by atoms with Crippen molar-refractivity contribution in [3.63, 3.8) is 0 Å². The van der Waals surface area contributed by atoms with Gasteiger partial charge >= 0.3 is 0 Å². The lowest BCUT2D eigenvalue weighted by Gasteiger charge is -2.14. The lowest BCUT2D eigenvalue weighted by Crippen LogP contribution is -2.25. The molecule has 116 valence electrons. The van der Waals surface area contributed by atoms with E-state index in [0.717, 1.165) is 16.9 Å². The van der Waals surface area contributed by atoms with E-state index >= 15 is 0 Å². The molecule has 21 heavy (non-hydrogen) atoms. The van der Waals surface area contributed by atoms with Gasteiger partial charge in [0.25, 0.3) is 0 Å². The SMILES string of the molecule is O=S(=O)(NCC[C@@H](CCO)c1ccsc1)c1ccc(Cl)s1. The van der Waals surface area contributed by atoms with Crippen LogP contribution in [0.4, 0.5) is 0 Å². The van der Waals surface area contributed by atoms with Crippen LogP contribution in [0.25, 0.3) is 0 Å². The number of sulfonamides is 1. The quantitative estimate of drug-likeness (QED) is 0.754. The molecule has 0 bridgehead atoms. The van der Waals surface area contributed by atoms with Crippen LogP contribution in [0.15, 0.2) is 33.2 Å². The third kappa shape index (κ3) is 4.77. The highest BCUT2D eigenvalue weighted by Gasteiger charge is 2.18. The van der Waals surface area contributed by atoms with Gasteiger partial charge in [-0.05, 0) is 53.3 Å². The molecule has 0 unspecified atom stereocenters. The Labute approximate surface area is 137 Å². The van der Waals surface area contributed by atoms with Gasteiger partial charge in [0.05, 0.1) is 4.34 Å². The van der Waals surface area contributed by atoms with Crippen molar-refractivity contribution in [1.29, 1.82) is 0 Å². The van der Waals surface area contributed by atoms with Crippen LogP contribution in [-0.2, 0) is 10.0 Å². The third-order valence-corrected chi connectivity index (χ3v) is 6.98. The van der Waals surface area contributed by atoms with E-state index in [2.05, 4.69) is 4.72 Å². The Morgan fingerprint density at radius 2 is 2.10 bits per heavy atom. The van der Waals surface area contributed by atoms with Gasteiger partial charge in [-0.2, -0.15) is 11.3 Å². The van der Waals surface area contributed by atoms with E-state index in [1.54, 1.807) is 17.4 Å². The van der Waals surface area contributed by atoms with Crippen LogP contribution in [0.5, 0.6) is 0 Å². The Kier molecular flexibility index (Phi) is 6.21. The summed E-state index contributed by atoms with van der Waals surface area (Å²) in [5.74, 6) is 0.163. The van der Waals surface area contributed by atoms with Gasteiger partial charge in [0.15, 0.2) is 0 Å². The van der Waals surface area contributed by atoms with E-state index in [0.29, 0.717) is 23.7 Å². The number of rotatable bonds is 8. The van der Waals surface area contributed by atoms with Gasteiger partial charge in [-0.3, -0.25) is 0 Å². The smallest absolute Gasteiger partial charge is 0.250 e. The number of nitrogens with one attached hydrogen (secondary N) is 1. The highest BCUT2D eigenvalue weighted by molar-refractivity contribution is 7.91. The zero-order valence-corrected chi connectivity index (χ0v) is 14.4. The standard InChI is InChI=1S/C13H16ClNO3S3/c14-12-1-2-13(20-12)21(17,18)15-6-3-10(4-7-16)11-5-8-19-9-11/h1-2,5,8-10,15-16H,3-4,6-7H2/t10-/m0/s1. The summed E-state index contributed by atoms with van der Waals surface area (Å²) in [5.41, 5.74) is 1.15. The predicted octanol–water partition coefficient (Wildman–Crippen LogP) is 3.30. The summed E-state index contributed by atoms with van der Waals surface area (Å²) in [6, 6.07) is 5.08. The lowest BCUT2D eigenvalue weighted by molar-refractivity contribution is 0.273. The van der Waals surface area contributed by atoms with Crippen molar-refractivity contribution in [2.45, 2.75) is 23.0 Å². The van der Waals surface area contributed by atoms with Crippen molar-refractivity contribution in [3.8, 4) is 0 Å². The average molecular weight is 366 g/mol. The largest absolute Gasteiger partial charge is 0.396 e.